The molecule has 0 aliphatic carbocycles. The molecular weight excluding hydrogens is 184 g/mol. The van der Waals surface area contributed by atoms with Gasteiger partial charge in [0.2, 0.25) is 0 Å². The molecule has 0 spiro atoms. The van der Waals surface area contributed by atoms with Crippen molar-refractivity contribution >= 4 is 17.6 Å². The second-order valence-corrected chi connectivity index (χ2v) is 4.82. The predicted molar refractivity (Wildman–Crippen MR) is 54.7 cm³/mol. The van der Waals surface area contributed by atoms with E-state index in [1.807, 2.05) is 17.8 Å². The summed E-state index contributed by atoms with van der Waals surface area (Å²) < 4.78 is 5.08. The van der Waals surface area contributed by atoms with Crippen LogP contribution in [-0.2, 0) is 6.42 Å². The number of hydrogen-bond donors (Lipinski definition) is 1. The van der Waals surface area contributed by atoms with E-state index in [2.05, 4.69) is 5.16 Å². The lowest BCUT2D eigenvalue weighted by Gasteiger charge is -2.19. The van der Waals surface area contributed by atoms with Gasteiger partial charge in [-0.1, -0.05) is 11.6 Å². The number of nitrogen functional groups attached to an aromatic ring is 1. The highest BCUT2D eigenvalue weighted by Crippen LogP contribution is 2.28. The molecule has 72 valence electrons. The molecule has 13 heavy (non-hydrogen) atoms. The van der Waals surface area contributed by atoms with Crippen LogP contribution in [0.25, 0.3) is 0 Å². The van der Waals surface area contributed by atoms with Crippen molar-refractivity contribution in [1.82, 2.24) is 5.16 Å². The summed E-state index contributed by atoms with van der Waals surface area (Å²) in [5.74, 6) is 2.71. The molecule has 1 saturated heterocycles. The van der Waals surface area contributed by atoms with Crippen molar-refractivity contribution in [2.75, 3.05) is 11.5 Å². The number of aromatic nitrogens is 1. The first-order valence-electron chi connectivity index (χ1n) is 4.67. The summed E-state index contributed by atoms with van der Waals surface area (Å²) in [6.45, 7) is 0. The third-order valence-corrected chi connectivity index (χ3v) is 3.68. The molecule has 1 aliphatic heterocycles. The quantitative estimate of drug-likeness (QED) is 0.790. The minimum absolute atomic E-state index is 0.496. The lowest BCUT2D eigenvalue weighted by atomic mass is 10.1. The van der Waals surface area contributed by atoms with Gasteiger partial charge >= 0.3 is 0 Å². The molecule has 1 aromatic heterocycles. The summed E-state index contributed by atoms with van der Waals surface area (Å²) in [6, 6.07) is 1.83. The normalized spacial score (nSPS) is 23.2. The third-order valence-electron chi connectivity index (χ3n) is 2.28. The number of nitrogens with two attached hydrogens (primary N) is 1. The highest BCUT2D eigenvalue weighted by molar-refractivity contribution is 7.99. The molecular formula is C9H14N2OS. The van der Waals surface area contributed by atoms with Gasteiger partial charge in [-0.05, 0) is 18.6 Å². The Kier molecular flexibility index (Phi) is 2.78. The van der Waals surface area contributed by atoms with E-state index in [1.54, 1.807) is 0 Å². The van der Waals surface area contributed by atoms with Crippen LogP contribution in [0.3, 0.4) is 0 Å². The molecule has 4 heteroatoms. The van der Waals surface area contributed by atoms with Gasteiger partial charge in [-0.25, -0.2) is 0 Å². The van der Waals surface area contributed by atoms with Gasteiger partial charge in [0.1, 0.15) is 5.76 Å². The maximum atomic E-state index is 5.47. The molecule has 2 N–H and O–H groups in total. The SMILES string of the molecule is Nc1cc(CC2CCCCS2)on1. The zero-order valence-electron chi connectivity index (χ0n) is 7.53. The summed E-state index contributed by atoms with van der Waals surface area (Å²) in [7, 11) is 0. The summed E-state index contributed by atoms with van der Waals surface area (Å²) in [5.41, 5.74) is 5.47. The summed E-state index contributed by atoms with van der Waals surface area (Å²) >= 11 is 2.04. The van der Waals surface area contributed by atoms with Crippen molar-refractivity contribution in [2.24, 2.45) is 0 Å². The molecule has 3 nitrogen and oxygen atoms in total. The molecule has 2 heterocycles. The Hall–Kier alpha value is -0.640. The molecule has 0 radical (unpaired) electrons. The van der Waals surface area contributed by atoms with Crippen LogP contribution in [0.1, 0.15) is 25.0 Å². The van der Waals surface area contributed by atoms with Gasteiger partial charge < -0.3 is 10.3 Å². The molecule has 0 saturated carbocycles. The van der Waals surface area contributed by atoms with Gasteiger partial charge in [0.25, 0.3) is 0 Å². The molecule has 1 fully saturated rings. The topological polar surface area (TPSA) is 52.0 Å². The maximum Gasteiger partial charge on any atom is 0.167 e. The lowest BCUT2D eigenvalue weighted by molar-refractivity contribution is 0.382. The number of hydrogen-bond acceptors (Lipinski definition) is 4. The fourth-order valence-electron chi connectivity index (χ4n) is 1.62. The van der Waals surface area contributed by atoms with E-state index < -0.39 is 0 Å². The summed E-state index contributed by atoms with van der Waals surface area (Å²) in [5, 5.41) is 4.38. The smallest absolute Gasteiger partial charge is 0.167 e. The van der Waals surface area contributed by atoms with Crippen LogP contribution in [0, 0.1) is 0 Å². The van der Waals surface area contributed by atoms with Crippen LogP contribution in [-0.4, -0.2) is 16.2 Å². The van der Waals surface area contributed by atoms with E-state index in [9.17, 15) is 0 Å². The second-order valence-electron chi connectivity index (χ2n) is 3.41. The zero-order chi connectivity index (χ0) is 9.10. The number of rotatable bonds is 2. The molecule has 2 rings (SSSR count). The van der Waals surface area contributed by atoms with Crippen molar-refractivity contribution in [2.45, 2.75) is 30.9 Å². The number of nitrogens with zero attached hydrogens (tertiary/aromatic N) is 1. The van der Waals surface area contributed by atoms with Gasteiger partial charge in [0.15, 0.2) is 5.82 Å². The van der Waals surface area contributed by atoms with Gasteiger partial charge in [-0.15, -0.1) is 0 Å². The average Bonchev–Trinajstić information content (AvgIpc) is 2.53. The molecule has 0 bridgehead atoms. The van der Waals surface area contributed by atoms with Crippen molar-refractivity contribution in [1.29, 1.82) is 0 Å². The van der Waals surface area contributed by atoms with Crippen molar-refractivity contribution in [3.05, 3.63) is 11.8 Å². The molecule has 0 amide bonds. The second kappa shape index (κ2) is 4.05. The standard InChI is InChI=1S/C9H14N2OS/c10-9-6-7(12-11-9)5-8-3-1-2-4-13-8/h6,8H,1-5H2,(H2,10,11). The molecule has 0 aromatic carbocycles. The first kappa shape index (κ1) is 8.94. The van der Waals surface area contributed by atoms with Crippen LogP contribution in [0.4, 0.5) is 5.82 Å². The first-order chi connectivity index (χ1) is 6.34. The molecule has 1 unspecified atom stereocenters. The fourth-order valence-corrected chi connectivity index (χ4v) is 2.94. The Balaban J connectivity index is 1.89. The monoisotopic (exact) mass is 198 g/mol. The van der Waals surface area contributed by atoms with Crippen LogP contribution < -0.4 is 5.73 Å². The minimum Gasteiger partial charge on any atom is -0.381 e. The zero-order valence-corrected chi connectivity index (χ0v) is 8.35. The highest BCUT2D eigenvalue weighted by atomic mass is 32.2. The maximum absolute atomic E-state index is 5.47. The Morgan fingerprint density at radius 2 is 2.54 bits per heavy atom. The summed E-state index contributed by atoms with van der Waals surface area (Å²) in [6.07, 6.45) is 4.99. The van der Waals surface area contributed by atoms with Gasteiger partial charge in [0, 0.05) is 17.7 Å². The lowest BCUT2D eigenvalue weighted by Crippen LogP contribution is -2.11. The minimum atomic E-state index is 0.496. The van der Waals surface area contributed by atoms with E-state index in [1.165, 1.54) is 25.0 Å². The van der Waals surface area contributed by atoms with Crippen LogP contribution >= 0.6 is 11.8 Å². The predicted octanol–water partition coefficient (Wildman–Crippen LogP) is 2.08. The van der Waals surface area contributed by atoms with E-state index in [0.717, 1.165) is 12.2 Å². The van der Waals surface area contributed by atoms with Crippen molar-refractivity contribution in [3.8, 4) is 0 Å². The molecule has 1 aromatic rings. The van der Waals surface area contributed by atoms with Crippen LogP contribution in [0.15, 0.2) is 10.6 Å². The van der Waals surface area contributed by atoms with E-state index >= 15 is 0 Å². The summed E-state index contributed by atoms with van der Waals surface area (Å²) in [4.78, 5) is 0. The van der Waals surface area contributed by atoms with Gasteiger partial charge in [-0.2, -0.15) is 11.8 Å². The largest absolute Gasteiger partial charge is 0.381 e. The van der Waals surface area contributed by atoms with Gasteiger partial charge in [0.05, 0.1) is 0 Å². The number of anilines is 1. The van der Waals surface area contributed by atoms with E-state index in [-0.39, 0.29) is 0 Å². The fraction of sp³-hybridized carbons (Fsp3) is 0.667. The Morgan fingerprint density at radius 3 is 3.15 bits per heavy atom. The van der Waals surface area contributed by atoms with E-state index in [0.29, 0.717) is 11.1 Å². The average molecular weight is 198 g/mol. The van der Waals surface area contributed by atoms with Crippen molar-refractivity contribution < 1.29 is 4.52 Å². The Bertz CT molecular complexity index is 268. The van der Waals surface area contributed by atoms with E-state index in [4.69, 9.17) is 10.3 Å². The molecule has 1 aliphatic rings. The third kappa shape index (κ3) is 2.40. The Labute approximate surface area is 82.0 Å². The van der Waals surface area contributed by atoms with Crippen molar-refractivity contribution in [3.63, 3.8) is 0 Å². The van der Waals surface area contributed by atoms with Crippen LogP contribution in [0.2, 0.25) is 0 Å². The highest BCUT2D eigenvalue weighted by Gasteiger charge is 2.16. The molecule has 1 atom stereocenters. The van der Waals surface area contributed by atoms with Gasteiger partial charge in [-0.3, -0.25) is 0 Å². The number of thioether (sulfide) groups is 1. The van der Waals surface area contributed by atoms with Crippen LogP contribution in [0.5, 0.6) is 0 Å². The Morgan fingerprint density at radius 1 is 1.62 bits per heavy atom. The first-order valence-corrected chi connectivity index (χ1v) is 5.72.